The Labute approximate surface area is 40.2 Å². The summed E-state index contributed by atoms with van der Waals surface area (Å²) in [4.78, 5) is 18.6. The summed E-state index contributed by atoms with van der Waals surface area (Å²) >= 11 is 7.28. The van der Waals surface area contributed by atoms with Crippen LogP contribution in [0.25, 0.3) is 0 Å². The summed E-state index contributed by atoms with van der Waals surface area (Å²) in [6.45, 7) is 0. The molecule has 0 aromatic carbocycles. The van der Waals surface area contributed by atoms with Crippen molar-refractivity contribution >= 4 is 29.7 Å². The average molecular weight is 127 g/mol. The lowest BCUT2D eigenvalue weighted by atomic mass is 15.9. The molecule has 0 aliphatic rings. The van der Waals surface area contributed by atoms with Gasteiger partial charge in [-0.3, -0.25) is 0 Å². The molecule has 0 atom stereocenters. The van der Waals surface area contributed by atoms with E-state index in [4.69, 9.17) is 0 Å². The molecule has 2 nitrogen and oxygen atoms in total. The van der Waals surface area contributed by atoms with Crippen molar-refractivity contribution in [1.82, 2.24) is 0 Å². The molecule has 0 heterocycles. The van der Waals surface area contributed by atoms with Crippen molar-refractivity contribution in [2.75, 3.05) is 0 Å². The van der Waals surface area contributed by atoms with Gasteiger partial charge in [0.2, 0.25) is 0 Å². The van der Waals surface area contributed by atoms with Gasteiger partial charge in [0.25, 0.3) is 0 Å². The Hall–Kier alpha value is 0.920. The van der Waals surface area contributed by atoms with Crippen LogP contribution in [0.5, 0.6) is 0 Å². The minimum Gasteiger partial charge on any atom is -0.850 e. The molecule has 0 N–H and O–H groups in total. The highest BCUT2D eigenvalue weighted by Crippen LogP contribution is 2.16. The zero-order valence-electron chi connectivity index (χ0n) is 2.08. The molecule has 0 saturated heterocycles. The first-order valence-corrected chi connectivity index (χ1v) is 4.38. The Morgan fingerprint density at radius 1 is 1.60 bits per heavy atom. The van der Waals surface area contributed by atoms with Crippen molar-refractivity contribution in [2.45, 2.75) is 0 Å². The molecule has 32 valence electrons. The van der Waals surface area contributed by atoms with Crippen LogP contribution in [0.15, 0.2) is 0 Å². The van der Waals surface area contributed by atoms with E-state index in [1.165, 1.54) is 0 Å². The smallest absolute Gasteiger partial charge is 0.160 e. The molecule has 0 radical (unpaired) electrons. The molecule has 0 aromatic heterocycles. The van der Waals surface area contributed by atoms with Crippen molar-refractivity contribution in [3.8, 4) is 0 Å². The Kier molecular flexibility index (Phi) is 1.87. The lowest BCUT2D eigenvalue weighted by Crippen LogP contribution is -2.08. The van der Waals surface area contributed by atoms with Crippen molar-refractivity contribution < 1.29 is 9.79 Å². The number of rotatable bonds is 0. The van der Waals surface area contributed by atoms with Gasteiger partial charge in [-0.05, 0) is 0 Å². The summed E-state index contributed by atoms with van der Waals surface area (Å²) in [5.74, 6) is 0. The lowest BCUT2D eigenvalue weighted by Gasteiger charge is -2.44. The number of hydrogen-bond donors (Lipinski definition) is 0. The average Bonchev–Trinajstić information content (AvgIpc) is 0.722. The van der Waals surface area contributed by atoms with E-state index in [-0.39, 0.29) is 0 Å². The minimum absolute atomic E-state index is 3.64. The van der Waals surface area contributed by atoms with E-state index >= 15 is 0 Å². The fourth-order valence-electron chi connectivity index (χ4n) is 0. The molecule has 0 unspecified atom stereocenters. The minimum atomic E-state index is -3.72. The van der Waals surface area contributed by atoms with Gasteiger partial charge in [0.1, 0.15) is 0 Å². The van der Waals surface area contributed by atoms with E-state index < -0.39 is 5.69 Å². The molecule has 0 bridgehead atoms. The normalized spacial score (nSPS) is 11.8. The topological polar surface area (TPSA) is 46.1 Å². The van der Waals surface area contributed by atoms with Gasteiger partial charge in [0.15, 0.2) is 0 Å². The van der Waals surface area contributed by atoms with Gasteiger partial charge in [-0.2, -0.15) is 11.8 Å². The second-order valence-corrected chi connectivity index (χ2v) is 4.92. The molecule has 0 aliphatic heterocycles. The van der Waals surface area contributed by atoms with Gasteiger partial charge >= 0.3 is 0 Å². The maximum atomic E-state index is 9.29. The predicted octanol–water partition coefficient (Wildman–Crippen LogP) is -1.52. The maximum absolute atomic E-state index is 9.29. The van der Waals surface area contributed by atoms with E-state index in [2.05, 4.69) is 24.1 Å². The van der Waals surface area contributed by atoms with Crippen LogP contribution >= 0.6 is 5.69 Å². The zero-order chi connectivity index (χ0) is 4.50. The van der Waals surface area contributed by atoms with Crippen LogP contribution in [-0.4, -0.2) is 0 Å². The van der Waals surface area contributed by atoms with Crippen molar-refractivity contribution in [2.24, 2.45) is 0 Å². The van der Waals surface area contributed by atoms with Gasteiger partial charge in [0, 0.05) is 0 Å². The Bertz CT molecular complexity index is 53.8. The highest BCUT2D eigenvalue weighted by Gasteiger charge is 1.35. The summed E-state index contributed by atoms with van der Waals surface area (Å²) in [7, 11) is 0. The van der Waals surface area contributed by atoms with Crippen molar-refractivity contribution in [1.29, 1.82) is 0 Å². The van der Waals surface area contributed by atoms with Gasteiger partial charge in [0.05, 0.1) is 0 Å². The van der Waals surface area contributed by atoms with E-state index in [9.17, 15) is 9.79 Å². The fourth-order valence-corrected chi connectivity index (χ4v) is 0. The third kappa shape index (κ3) is 49.6. The molecule has 0 rings (SSSR count). The highest BCUT2D eigenvalue weighted by molar-refractivity contribution is 8.49. The maximum Gasteiger partial charge on any atom is -0.160 e. The standard InChI is InChI=1S/H3O2PS2/c1-3(2,4)5/h(H3,1,2,4,5)/p-3. The van der Waals surface area contributed by atoms with Crippen LogP contribution in [-0.2, 0) is 24.1 Å². The first-order chi connectivity index (χ1) is 2.00. The van der Waals surface area contributed by atoms with E-state index in [0.29, 0.717) is 0 Å². The van der Waals surface area contributed by atoms with Gasteiger partial charge in [-0.25, -0.2) is 0 Å². The summed E-state index contributed by atoms with van der Waals surface area (Å²) in [5, 5.41) is 0. The summed E-state index contributed by atoms with van der Waals surface area (Å²) in [5.41, 5.74) is -3.72. The molecule has 0 aromatic rings. The van der Waals surface area contributed by atoms with Crippen LogP contribution in [0.1, 0.15) is 0 Å². The summed E-state index contributed by atoms with van der Waals surface area (Å²) in [6.07, 6.45) is 0. The van der Waals surface area contributed by atoms with Crippen molar-refractivity contribution in [3.63, 3.8) is 0 Å². The monoisotopic (exact) mass is 127 g/mol. The zero-order valence-corrected chi connectivity index (χ0v) is 4.61. The summed E-state index contributed by atoms with van der Waals surface area (Å²) < 4.78 is 0. The second kappa shape index (κ2) is 1.58. The van der Waals surface area contributed by atoms with Crippen LogP contribution in [0.3, 0.4) is 0 Å². The first-order valence-electron chi connectivity index (χ1n) is 0.730. The van der Waals surface area contributed by atoms with E-state index in [0.717, 1.165) is 0 Å². The fraction of sp³-hybridized carbons (Fsp3) is 0. The second-order valence-electron chi connectivity index (χ2n) is 0.447. The SMILES string of the molecule is [O-]P([O-])(=S)[S-]. The quantitative estimate of drug-likeness (QED) is 0.293. The van der Waals surface area contributed by atoms with Gasteiger partial charge in [-0.15, -0.1) is 0 Å². The van der Waals surface area contributed by atoms with Gasteiger partial charge in [-0.1, -0.05) is 0 Å². The molecular formula is O2PS2-3. The Balaban J connectivity index is 3.47. The molecule has 0 amide bonds. The molecule has 0 fully saturated rings. The third-order valence-electron chi connectivity index (χ3n) is 0. The largest absolute Gasteiger partial charge is 0.850 e. The van der Waals surface area contributed by atoms with Crippen LogP contribution in [0, 0.1) is 0 Å². The molecular weight excluding hydrogens is 127 g/mol. The molecule has 0 spiro atoms. The highest BCUT2D eigenvalue weighted by atomic mass is 32.9. The van der Waals surface area contributed by atoms with E-state index in [1.54, 1.807) is 0 Å². The van der Waals surface area contributed by atoms with Crippen molar-refractivity contribution in [3.05, 3.63) is 0 Å². The Morgan fingerprint density at radius 2 is 1.60 bits per heavy atom. The van der Waals surface area contributed by atoms with Crippen LogP contribution < -0.4 is 9.79 Å². The Morgan fingerprint density at radius 3 is 1.60 bits per heavy atom. The molecule has 5 heavy (non-hydrogen) atoms. The predicted molar refractivity (Wildman–Crippen MR) is 21.6 cm³/mol. The molecule has 0 saturated carbocycles. The molecule has 0 aliphatic carbocycles. The molecule has 5 heteroatoms. The third-order valence-corrected chi connectivity index (χ3v) is 0. The first kappa shape index (κ1) is 5.92. The van der Waals surface area contributed by atoms with Crippen LogP contribution in [0.4, 0.5) is 0 Å². The summed E-state index contributed by atoms with van der Waals surface area (Å²) in [6, 6.07) is 0. The van der Waals surface area contributed by atoms with Gasteiger partial charge < -0.3 is 27.7 Å². The number of hydrogen-bond acceptors (Lipinski definition) is 4. The van der Waals surface area contributed by atoms with E-state index in [1.807, 2.05) is 0 Å². The van der Waals surface area contributed by atoms with Crippen LogP contribution in [0.2, 0.25) is 0 Å². The lowest BCUT2D eigenvalue weighted by molar-refractivity contribution is -0.284.